The molecule has 0 aromatic heterocycles. The van der Waals surface area contributed by atoms with Crippen LogP contribution in [-0.4, -0.2) is 11.2 Å². The largest absolute Gasteiger partial charge is 0.465 e. The Morgan fingerprint density at radius 3 is 2.00 bits per heavy atom. The minimum atomic E-state index is -0.944. The summed E-state index contributed by atoms with van der Waals surface area (Å²) in [5, 5.41) is 9.21. The van der Waals surface area contributed by atoms with Crippen molar-refractivity contribution in [2.45, 2.75) is 6.54 Å². The maximum atomic E-state index is 11.2. The highest BCUT2D eigenvalue weighted by Crippen LogP contribution is 2.16. The molecule has 17 heavy (non-hydrogen) atoms. The lowest BCUT2D eigenvalue weighted by Crippen LogP contribution is -2.28. The van der Waals surface area contributed by atoms with Crippen molar-refractivity contribution in [1.29, 1.82) is 0 Å². The molecule has 0 atom stereocenters. The molecule has 0 saturated carbocycles. The van der Waals surface area contributed by atoms with Gasteiger partial charge in [-0.05, 0) is 17.7 Å². The zero-order chi connectivity index (χ0) is 12.1. The van der Waals surface area contributed by atoms with E-state index in [4.69, 9.17) is 0 Å². The van der Waals surface area contributed by atoms with E-state index in [0.717, 1.165) is 5.56 Å². The second-order valence-corrected chi connectivity index (χ2v) is 3.69. The van der Waals surface area contributed by atoms with Crippen molar-refractivity contribution in [3.05, 3.63) is 66.2 Å². The van der Waals surface area contributed by atoms with E-state index in [1.165, 1.54) is 4.90 Å². The highest BCUT2D eigenvalue weighted by molar-refractivity contribution is 5.85. The molecule has 3 nitrogen and oxygen atoms in total. The van der Waals surface area contributed by atoms with Gasteiger partial charge >= 0.3 is 6.09 Å². The summed E-state index contributed by atoms with van der Waals surface area (Å²) >= 11 is 0. The summed E-state index contributed by atoms with van der Waals surface area (Å²) in [6.45, 7) is 0.361. The van der Waals surface area contributed by atoms with Gasteiger partial charge < -0.3 is 5.11 Å². The summed E-state index contributed by atoms with van der Waals surface area (Å²) in [5.41, 5.74) is 1.66. The summed E-state index contributed by atoms with van der Waals surface area (Å²) in [6, 6.07) is 18.7. The van der Waals surface area contributed by atoms with Gasteiger partial charge in [-0.25, -0.2) is 4.79 Å². The van der Waals surface area contributed by atoms with Crippen LogP contribution < -0.4 is 4.90 Å². The SMILES string of the molecule is O=C(O)N(Cc1ccccc1)c1ccccc1. The van der Waals surface area contributed by atoms with Crippen molar-refractivity contribution in [3.8, 4) is 0 Å². The topological polar surface area (TPSA) is 40.5 Å². The summed E-state index contributed by atoms with van der Waals surface area (Å²) in [4.78, 5) is 12.6. The first-order valence-corrected chi connectivity index (χ1v) is 5.37. The molecule has 2 aromatic rings. The minimum Gasteiger partial charge on any atom is -0.465 e. The van der Waals surface area contributed by atoms with Gasteiger partial charge in [0.25, 0.3) is 0 Å². The van der Waals surface area contributed by atoms with Crippen LogP contribution in [0.25, 0.3) is 0 Å². The first-order valence-electron chi connectivity index (χ1n) is 5.37. The Bertz CT molecular complexity index is 482. The fraction of sp³-hybridized carbons (Fsp3) is 0.0714. The third kappa shape index (κ3) is 2.84. The zero-order valence-corrected chi connectivity index (χ0v) is 9.28. The molecular weight excluding hydrogens is 214 g/mol. The highest BCUT2D eigenvalue weighted by Gasteiger charge is 2.13. The first kappa shape index (κ1) is 11.2. The van der Waals surface area contributed by atoms with Crippen molar-refractivity contribution in [2.75, 3.05) is 4.90 Å². The van der Waals surface area contributed by atoms with E-state index < -0.39 is 6.09 Å². The lowest BCUT2D eigenvalue weighted by atomic mass is 10.2. The van der Waals surface area contributed by atoms with Crippen LogP contribution in [0.3, 0.4) is 0 Å². The van der Waals surface area contributed by atoms with Crippen molar-refractivity contribution >= 4 is 11.8 Å². The van der Waals surface area contributed by atoms with Gasteiger partial charge in [0.2, 0.25) is 0 Å². The molecule has 1 amide bonds. The van der Waals surface area contributed by atoms with Crippen molar-refractivity contribution in [2.24, 2.45) is 0 Å². The summed E-state index contributed by atoms with van der Waals surface area (Å²) in [5.74, 6) is 0. The number of carboxylic acid groups (broad SMARTS) is 1. The van der Waals surface area contributed by atoms with Gasteiger partial charge in [0.15, 0.2) is 0 Å². The molecule has 0 bridgehead atoms. The van der Waals surface area contributed by atoms with Gasteiger partial charge in [0, 0.05) is 5.69 Å². The van der Waals surface area contributed by atoms with Crippen LogP contribution in [0.5, 0.6) is 0 Å². The van der Waals surface area contributed by atoms with Crippen molar-refractivity contribution < 1.29 is 9.90 Å². The van der Waals surface area contributed by atoms with Crippen molar-refractivity contribution in [1.82, 2.24) is 0 Å². The second kappa shape index (κ2) is 5.16. The summed E-state index contributed by atoms with van der Waals surface area (Å²) < 4.78 is 0. The minimum absolute atomic E-state index is 0.361. The van der Waals surface area contributed by atoms with Crippen LogP contribution in [0, 0.1) is 0 Å². The number of nitrogens with zero attached hydrogens (tertiary/aromatic N) is 1. The fourth-order valence-corrected chi connectivity index (χ4v) is 1.64. The van der Waals surface area contributed by atoms with Gasteiger partial charge in [0.1, 0.15) is 0 Å². The number of rotatable bonds is 3. The van der Waals surface area contributed by atoms with Crippen LogP contribution in [0.4, 0.5) is 10.5 Å². The van der Waals surface area contributed by atoms with Crippen LogP contribution in [0.2, 0.25) is 0 Å². The quantitative estimate of drug-likeness (QED) is 0.873. The average molecular weight is 227 g/mol. The van der Waals surface area contributed by atoms with E-state index in [0.29, 0.717) is 12.2 Å². The highest BCUT2D eigenvalue weighted by atomic mass is 16.4. The molecule has 2 rings (SSSR count). The third-order valence-corrected chi connectivity index (χ3v) is 2.48. The molecule has 1 N–H and O–H groups in total. The maximum absolute atomic E-state index is 11.2. The number of anilines is 1. The number of para-hydroxylation sites is 1. The predicted octanol–water partition coefficient (Wildman–Crippen LogP) is 3.37. The smallest absolute Gasteiger partial charge is 0.412 e. The molecular formula is C14H13NO2. The molecule has 0 spiro atoms. The summed E-state index contributed by atoms with van der Waals surface area (Å²) in [7, 11) is 0. The molecule has 0 saturated heterocycles. The molecule has 2 aromatic carbocycles. The molecule has 0 aliphatic carbocycles. The Labute approximate surface area is 99.9 Å². The lowest BCUT2D eigenvalue weighted by molar-refractivity contribution is 0.201. The lowest BCUT2D eigenvalue weighted by Gasteiger charge is -2.19. The monoisotopic (exact) mass is 227 g/mol. The van der Waals surface area contributed by atoms with Gasteiger partial charge in [0.05, 0.1) is 6.54 Å². The molecule has 0 fully saturated rings. The first-order chi connectivity index (χ1) is 8.27. The number of hydrogen-bond donors (Lipinski definition) is 1. The Morgan fingerprint density at radius 2 is 1.47 bits per heavy atom. The molecule has 0 heterocycles. The van der Waals surface area contributed by atoms with E-state index in [2.05, 4.69) is 0 Å². The molecule has 0 aliphatic rings. The molecule has 0 unspecified atom stereocenters. The molecule has 0 radical (unpaired) electrons. The Morgan fingerprint density at radius 1 is 0.941 bits per heavy atom. The van der Waals surface area contributed by atoms with Gasteiger partial charge in [-0.1, -0.05) is 48.5 Å². The van der Waals surface area contributed by atoms with Crippen LogP contribution in [0.1, 0.15) is 5.56 Å². The number of hydrogen-bond acceptors (Lipinski definition) is 1. The van der Waals surface area contributed by atoms with E-state index >= 15 is 0 Å². The van der Waals surface area contributed by atoms with Gasteiger partial charge in [-0.2, -0.15) is 0 Å². The van der Waals surface area contributed by atoms with Crippen molar-refractivity contribution in [3.63, 3.8) is 0 Å². The molecule has 3 heteroatoms. The second-order valence-electron chi connectivity index (χ2n) is 3.69. The Hall–Kier alpha value is -2.29. The van der Waals surface area contributed by atoms with Crippen LogP contribution >= 0.6 is 0 Å². The van der Waals surface area contributed by atoms with E-state index in [1.54, 1.807) is 12.1 Å². The third-order valence-electron chi connectivity index (χ3n) is 2.48. The average Bonchev–Trinajstić information content (AvgIpc) is 2.38. The molecule has 86 valence electrons. The maximum Gasteiger partial charge on any atom is 0.412 e. The van der Waals surface area contributed by atoms with E-state index in [-0.39, 0.29) is 0 Å². The normalized spacial score (nSPS) is 9.88. The Kier molecular flexibility index (Phi) is 3.40. The van der Waals surface area contributed by atoms with E-state index in [1.807, 2.05) is 48.5 Å². The van der Waals surface area contributed by atoms with E-state index in [9.17, 15) is 9.90 Å². The predicted molar refractivity (Wildman–Crippen MR) is 67.1 cm³/mol. The van der Waals surface area contributed by atoms with Crippen LogP contribution in [-0.2, 0) is 6.54 Å². The van der Waals surface area contributed by atoms with Crippen LogP contribution in [0.15, 0.2) is 60.7 Å². The van der Waals surface area contributed by atoms with Gasteiger partial charge in [-0.3, -0.25) is 4.90 Å². The number of carbonyl (C=O) groups is 1. The Balaban J connectivity index is 2.23. The fourth-order valence-electron chi connectivity index (χ4n) is 1.64. The summed E-state index contributed by atoms with van der Waals surface area (Å²) in [6.07, 6.45) is -0.944. The number of amides is 1. The number of benzene rings is 2. The zero-order valence-electron chi connectivity index (χ0n) is 9.28. The molecule has 0 aliphatic heterocycles. The van der Waals surface area contributed by atoms with Gasteiger partial charge in [-0.15, -0.1) is 0 Å². The standard InChI is InChI=1S/C14H13NO2/c16-14(17)15(13-9-5-2-6-10-13)11-12-7-3-1-4-8-12/h1-10H,11H2,(H,16,17).